The maximum Gasteiger partial charge on any atom is 0.124 e. The molecule has 1 aromatic heterocycles. The molecule has 4 heteroatoms. The largest absolute Gasteiger partial charge is 0.396 e. The van der Waals surface area contributed by atoms with Crippen molar-refractivity contribution in [3.8, 4) is 0 Å². The van der Waals surface area contributed by atoms with Crippen molar-refractivity contribution in [2.45, 2.75) is 46.2 Å². The van der Waals surface area contributed by atoms with Crippen LogP contribution in [0.1, 0.15) is 38.9 Å². The van der Waals surface area contributed by atoms with E-state index in [0.29, 0.717) is 0 Å². The Balaban J connectivity index is 2.27. The molecule has 0 saturated heterocycles. The van der Waals surface area contributed by atoms with Gasteiger partial charge in [-0.15, -0.1) is 0 Å². The Morgan fingerprint density at radius 3 is 2.52 bits per heavy atom. The topological polar surface area (TPSA) is 41.3 Å². The molecule has 4 nitrogen and oxygen atoms in total. The molecule has 0 aliphatic rings. The summed E-state index contributed by atoms with van der Waals surface area (Å²) in [6.45, 7) is 8.60. The first-order chi connectivity index (χ1) is 10.3. The van der Waals surface area contributed by atoms with Crippen LogP contribution in [0.4, 0.5) is 0 Å². The van der Waals surface area contributed by atoms with Crippen LogP contribution in [0.3, 0.4) is 0 Å². The summed E-state index contributed by atoms with van der Waals surface area (Å²) >= 11 is 0. The molecule has 0 aliphatic heterocycles. The zero-order valence-corrected chi connectivity index (χ0v) is 13.3. The van der Waals surface area contributed by atoms with Crippen molar-refractivity contribution in [3.63, 3.8) is 0 Å². The van der Waals surface area contributed by atoms with E-state index in [1.54, 1.807) is 0 Å². The number of hydrogen-bond donors (Lipinski definition) is 1. The standard InChI is InChI=1S/C17H27N3O/c1-3-10-19(11-4-2)14-17-18-15-8-5-6-9-16(15)20(17)12-7-13-21/h5-6,8-9,21H,3-4,7,10-14H2,1-2H3. The molecule has 0 saturated carbocycles. The second kappa shape index (κ2) is 8.15. The smallest absolute Gasteiger partial charge is 0.124 e. The fourth-order valence-corrected chi connectivity index (χ4v) is 2.83. The van der Waals surface area contributed by atoms with Gasteiger partial charge in [0.1, 0.15) is 5.82 Å². The third kappa shape index (κ3) is 4.05. The Hall–Kier alpha value is -1.39. The summed E-state index contributed by atoms with van der Waals surface area (Å²) < 4.78 is 2.27. The SMILES string of the molecule is CCCN(CCC)Cc1nc2ccccc2n1CCCO. The van der Waals surface area contributed by atoms with Crippen LogP contribution < -0.4 is 0 Å². The summed E-state index contributed by atoms with van der Waals surface area (Å²) in [6.07, 6.45) is 3.10. The highest BCUT2D eigenvalue weighted by Crippen LogP contribution is 2.18. The Morgan fingerprint density at radius 2 is 1.86 bits per heavy atom. The first-order valence-corrected chi connectivity index (χ1v) is 8.07. The number of aliphatic hydroxyl groups excluding tert-OH is 1. The van der Waals surface area contributed by atoms with Crippen LogP contribution in [0.2, 0.25) is 0 Å². The molecule has 0 atom stereocenters. The van der Waals surface area contributed by atoms with Crippen LogP contribution >= 0.6 is 0 Å². The average Bonchev–Trinajstić information content (AvgIpc) is 2.83. The van der Waals surface area contributed by atoms with Gasteiger partial charge in [0.25, 0.3) is 0 Å². The Kier molecular flexibility index (Phi) is 6.21. The van der Waals surface area contributed by atoms with Gasteiger partial charge in [-0.3, -0.25) is 4.90 Å². The number of rotatable bonds is 9. The molecule has 1 aromatic carbocycles. The van der Waals surface area contributed by atoms with Gasteiger partial charge >= 0.3 is 0 Å². The lowest BCUT2D eigenvalue weighted by atomic mass is 10.3. The first kappa shape index (κ1) is 16.0. The molecule has 116 valence electrons. The number of para-hydroxylation sites is 2. The molecule has 0 fully saturated rings. The molecule has 0 unspecified atom stereocenters. The minimum absolute atomic E-state index is 0.222. The van der Waals surface area contributed by atoms with Crippen LogP contribution in [-0.4, -0.2) is 39.3 Å². The monoisotopic (exact) mass is 289 g/mol. The lowest BCUT2D eigenvalue weighted by Gasteiger charge is -2.21. The van der Waals surface area contributed by atoms with Crippen molar-refractivity contribution < 1.29 is 5.11 Å². The molecule has 0 radical (unpaired) electrons. The number of hydrogen-bond acceptors (Lipinski definition) is 3. The summed E-state index contributed by atoms with van der Waals surface area (Å²) in [7, 11) is 0. The number of imidazole rings is 1. The second-order valence-electron chi connectivity index (χ2n) is 5.52. The molecule has 0 amide bonds. The predicted octanol–water partition coefficient (Wildman–Crippen LogP) is 3.04. The van der Waals surface area contributed by atoms with Crippen LogP contribution in [0.5, 0.6) is 0 Å². The highest BCUT2D eigenvalue weighted by Gasteiger charge is 2.13. The maximum absolute atomic E-state index is 9.13. The maximum atomic E-state index is 9.13. The van der Waals surface area contributed by atoms with Crippen LogP contribution in [-0.2, 0) is 13.1 Å². The number of nitrogens with zero attached hydrogens (tertiary/aromatic N) is 3. The van der Waals surface area contributed by atoms with Crippen molar-refractivity contribution in [2.75, 3.05) is 19.7 Å². The van der Waals surface area contributed by atoms with Gasteiger partial charge in [-0.1, -0.05) is 26.0 Å². The highest BCUT2D eigenvalue weighted by atomic mass is 16.3. The van der Waals surface area contributed by atoms with Gasteiger partial charge in [-0.2, -0.15) is 0 Å². The molecule has 0 spiro atoms. The number of fused-ring (bicyclic) bond motifs is 1. The molecule has 2 rings (SSSR count). The Morgan fingerprint density at radius 1 is 1.14 bits per heavy atom. The van der Waals surface area contributed by atoms with Crippen molar-refractivity contribution in [3.05, 3.63) is 30.1 Å². The van der Waals surface area contributed by atoms with Crippen molar-refractivity contribution >= 4 is 11.0 Å². The minimum Gasteiger partial charge on any atom is -0.396 e. The van der Waals surface area contributed by atoms with Gasteiger partial charge in [0.05, 0.1) is 17.6 Å². The molecule has 21 heavy (non-hydrogen) atoms. The van der Waals surface area contributed by atoms with E-state index in [4.69, 9.17) is 10.1 Å². The third-order valence-corrected chi connectivity index (χ3v) is 3.72. The van der Waals surface area contributed by atoms with Gasteiger partial charge < -0.3 is 9.67 Å². The summed E-state index contributed by atoms with van der Waals surface area (Å²) in [5.41, 5.74) is 2.23. The third-order valence-electron chi connectivity index (χ3n) is 3.72. The average molecular weight is 289 g/mol. The summed E-state index contributed by atoms with van der Waals surface area (Å²) in [5.74, 6) is 1.12. The fraction of sp³-hybridized carbons (Fsp3) is 0.588. The summed E-state index contributed by atoms with van der Waals surface area (Å²) in [4.78, 5) is 7.28. The zero-order chi connectivity index (χ0) is 15.1. The normalized spacial score (nSPS) is 11.6. The van der Waals surface area contributed by atoms with Gasteiger partial charge in [0, 0.05) is 13.2 Å². The number of benzene rings is 1. The van der Waals surface area contributed by atoms with Crippen LogP contribution in [0, 0.1) is 0 Å². The van der Waals surface area contributed by atoms with Gasteiger partial charge in [0.15, 0.2) is 0 Å². The highest BCUT2D eigenvalue weighted by molar-refractivity contribution is 5.75. The van der Waals surface area contributed by atoms with E-state index < -0.39 is 0 Å². The molecular formula is C17H27N3O. The van der Waals surface area contributed by atoms with Crippen molar-refractivity contribution in [2.24, 2.45) is 0 Å². The second-order valence-corrected chi connectivity index (χ2v) is 5.52. The lowest BCUT2D eigenvalue weighted by molar-refractivity contribution is 0.252. The summed E-state index contributed by atoms with van der Waals surface area (Å²) in [5, 5.41) is 9.13. The van der Waals surface area contributed by atoms with E-state index in [0.717, 1.165) is 56.8 Å². The van der Waals surface area contributed by atoms with Crippen LogP contribution in [0.15, 0.2) is 24.3 Å². The molecule has 0 bridgehead atoms. The van der Waals surface area contributed by atoms with E-state index in [-0.39, 0.29) is 6.61 Å². The molecule has 0 aliphatic carbocycles. The van der Waals surface area contributed by atoms with E-state index in [2.05, 4.69) is 41.5 Å². The van der Waals surface area contributed by atoms with Crippen LogP contribution in [0.25, 0.3) is 11.0 Å². The zero-order valence-electron chi connectivity index (χ0n) is 13.3. The van der Waals surface area contributed by atoms with E-state index in [9.17, 15) is 0 Å². The quantitative estimate of drug-likeness (QED) is 0.771. The number of aromatic nitrogens is 2. The van der Waals surface area contributed by atoms with Crippen molar-refractivity contribution in [1.82, 2.24) is 14.5 Å². The fourth-order valence-electron chi connectivity index (χ4n) is 2.83. The number of aryl methyl sites for hydroxylation is 1. The minimum atomic E-state index is 0.222. The lowest BCUT2D eigenvalue weighted by Crippen LogP contribution is -2.26. The molecule has 2 aromatic rings. The molecule has 1 N–H and O–H groups in total. The van der Waals surface area contributed by atoms with E-state index >= 15 is 0 Å². The Labute approximate surface area is 127 Å². The van der Waals surface area contributed by atoms with Crippen molar-refractivity contribution in [1.29, 1.82) is 0 Å². The molecule has 1 heterocycles. The summed E-state index contributed by atoms with van der Waals surface area (Å²) in [6, 6.07) is 8.27. The van der Waals surface area contributed by atoms with E-state index in [1.165, 1.54) is 5.52 Å². The van der Waals surface area contributed by atoms with E-state index in [1.807, 2.05) is 6.07 Å². The predicted molar refractivity (Wildman–Crippen MR) is 87.3 cm³/mol. The van der Waals surface area contributed by atoms with Gasteiger partial charge in [-0.05, 0) is 44.5 Å². The Bertz CT molecular complexity index is 544. The molecular weight excluding hydrogens is 262 g/mol. The van der Waals surface area contributed by atoms with Gasteiger partial charge in [0.2, 0.25) is 0 Å². The number of aliphatic hydroxyl groups is 1. The van der Waals surface area contributed by atoms with Gasteiger partial charge in [-0.25, -0.2) is 4.98 Å². The first-order valence-electron chi connectivity index (χ1n) is 8.07.